The average Bonchev–Trinajstić information content (AvgIpc) is 3.24. The zero-order valence-electron chi connectivity index (χ0n) is 17.4. The summed E-state index contributed by atoms with van der Waals surface area (Å²) in [6, 6.07) is 9.98. The van der Waals surface area contributed by atoms with Crippen molar-refractivity contribution < 1.29 is 9.32 Å². The van der Waals surface area contributed by atoms with Gasteiger partial charge in [0.2, 0.25) is 0 Å². The van der Waals surface area contributed by atoms with Crippen LogP contribution in [0.2, 0.25) is 0 Å². The number of hydrogen-bond donors (Lipinski definition) is 0. The molecule has 0 atom stereocenters. The lowest BCUT2D eigenvalue weighted by Crippen LogP contribution is -2.44. The van der Waals surface area contributed by atoms with Crippen LogP contribution in [-0.2, 0) is 0 Å². The SMILES string of the molecule is CN1CCN(c2cc(N3CCCCC3)c3c4c(onc24)-c2ccccc2C3=O)CC1. The van der Waals surface area contributed by atoms with Gasteiger partial charge in [-0.3, -0.25) is 4.79 Å². The molecule has 0 bridgehead atoms. The summed E-state index contributed by atoms with van der Waals surface area (Å²) in [7, 11) is 2.16. The van der Waals surface area contributed by atoms with Gasteiger partial charge in [0.05, 0.1) is 22.3 Å². The lowest BCUT2D eigenvalue weighted by Gasteiger charge is -2.36. The highest BCUT2D eigenvalue weighted by Gasteiger charge is 2.35. The molecule has 0 N–H and O–H groups in total. The Hall–Kier alpha value is -2.86. The first kappa shape index (κ1) is 18.0. The fraction of sp³-hybridized carbons (Fsp3) is 0.417. The quantitative estimate of drug-likeness (QED) is 0.509. The number of hydrogen-bond acceptors (Lipinski definition) is 6. The van der Waals surface area contributed by atoms with E-state index in [1.54, 1.807) is 0 Å². The van der Waals surface area contributed by atoms with Gasteiger partial charge in [-0.25, -0.2) is 0 Å². The normalized spacial score (nSPS) is 19.4. The summed E-state index contributed by atoms with van der Waals surface area (Å²) >= 11 is 0. The van der Waals surface area contributed by atoms with Gasteiger partial charge in [-0.15, -0.1) is 0 Å². The van der Waals surface area contributed by atoms with Crippen LogP contribution in [0.5, 0.6) is 0 Å². The molecule has 0 radical (unpaired) electrons. The number of piperazine rings is 1. The van der Waals surface area contributed by atoms with Gasteiger partial charge in [-0.1, -0.05) is 29.4 Å². The second kappa shape index (κ2) is 6.84. The van der Waals surface area contributed by atoms with Crippen molar-refractivity contribution in [2.45, 2.75) is 19.3 Å². The van der Waals surface area contributed by atoms with Gasteiger partial charge in [-0.05, 0) is 32.4 Å². The number of likely N-dealkylation sites (N-methyl/N-ethyl adjacent to an activating group) is 1. The molecule has 6 nitrogen and oxygen atoms in total. The summed E-state index contributed by atoms with van der Waals surface area (Å²) < 4.78 is 5.91. The molecular weight excluding hydrogens is 376 g/mol. The van der Waals surface area contributed by atoms with E-state index >= 15 is 0 Å². The van der Waals surface area contributed by atoms with E-state index in [4.69, 9.17) is 4.52 Å². The van der Waals surface area contributed by atoms with Crippen molar-refractivity contribution in [1.29, 1.82) is 0 Å². The van der Waals surface area contributed by atoms with Crippen molar-refractivity contribution in [3.05, 3.63) is 41.5 Å². The Labute approximate surface area is 176 Å². The molecule has 2 saturated heterocycles. The molecule has 2 aliphatic heterocycles. The van der Waals surface area contributed by atoms with Crippen LogP contribution in [0.1, 0.15) is 35.2 Å². The van der Waals surface area contributed by atoms with Gasteiger partial charge in [0.15, 0.2) is 11.5 Å². The Kier molecular flexibility index (Phi) is 4.09. The Bertz CT molecular complexity index is 1140. The molecule has 6 heteroatoms. The minimum Gasteiger partial charge on any atom is -0.371 e. The van der Waals surface area contributed by atoms with Crippen molar-refractivity contribution in [1.82, 2.24) is 10.1 Å². The summed E-state index contributed by atoms with van der Waals surface area (Å²) in [5.74, 6) is 0.834. The van der Waals surface area contributed by atoms with Gasteiger partial charge < -0.3 is 19.2 Å². The minimum absolute atomic E-state index is 0.0943. The molecule has 0 amide bonds. The van der Waals surface area contributed by atoms with Crippen molar-refractivity contribution in [3.8, 4) is 11.3 Å². The summed E-state index contributed by atoms with van der Waals surface area (Å²) in [6.45, 7) is 5.95. The van der Waals surface area contributed by atoms with Crippen molar-refractivity contribution in [3.63, 3.8) is 0 Å². The third-order valence-electron chi connectivity index (χ3n) is 6.90. The molecule has 1 aliphatic carbocycles. The number of piperidine rings is 1. The Morgan fingerprint density at radius 3 is 2.33 bits per heavy atom. The summed E-state index contributed by atoms with van der Waals surface area (Å²) in [4.78, 5) is 20.8. The molecule has 6 rings (SSSR count). The smallest absolute Gasteiger partial charge is 0.196 e. The number of carbonyl (C=O) groups excluding carboxylic acids is 1. The Morgan fingerprint density at radius 1 is 0.867 bits per heavy atom. The zero-order valence-corrected chi connectivity index (χ0v) is 17.4. The minimum atomic E-state index is 0.0943. The average molecular weight is 402 g/mol. The molecule has 30 heavy (non-hydrogen) atoms. The predicted molar refractivity (Wildman–Crippen MR) is 119 cm³/mol. The first-order valence-corrected chi connectivity index (χ1v) is 11.0. The first-order chi connectivity index (χ1) is 14.7. The van der Waals surface area contributed by atoms with Crippen LogP contribution < -0.4 is 9.80 Å². The molecule has 2 fully saturated rings. The first-order valence-electron chi connectivity index (χ1n) is 11.0. The van der Waals surface area contributed by atoms with Crippen LogP contribution in [-0.4, -0.2) is 62.2 Å². The number of benzene rings is 2. The van der Waals surface area contributed by atoms with Crippen LogP contribution in [0.3, 0.4) is 0 Å². The van der Waals surface area contributed by atoms with Crippen molar-refractivity contribution >= 4 is 28.1 Å². The summed E-state index contributed by atoms with van der Waals surface area (Å²) in [5.41, 5.74) is 5.34. The van der Waals surface area contributed by atoms with E-state index in [1.807, 2.05) is 24.3 Å². The molecule has 0 spiro atoms. The summed E-state index contributed by atoms with van der Waals surface area (Å²) in [5, 5.41) is 5.40. The van der Waals surface area contributed by atoms with Gasteiger partial charge >= 0.3 is 0 Å². The van der Waals surface area contributed by atoms with Gasteiger partial charge in [0.1, 0.15) is 5.52 Å². The van der Waals surface area contributed by atoms with Gasteiger partial charge in [0.25, 0.3) is 0 Å². The number of anilines is 2. The standard InChI is InChI=1S/C24H26N4O2/c1-26-11-13-28(14-12-26)19-15-18(27-9-5-2-6-10-27)20-21-22(19)25-30-24(21)17-8-4-3-7-16(17)23(20)29/h3-4,7-8,15H,2,5-6,9-14H2,1H3. The molecule has 2 aromatic carbocycles. The van der Waals surface area contributed by atoms with Crippen molar-refractivity contribution in [2.24, 2.45) is 0 Å². The third kappa shape index (κ3) is 2.59. The molecule has 1 aromatic heterocycles. The van der Waals surface area contributed by atoms with E-state index < -0.39 is 0 Å². The van der Waals surface area contributed by atoms with Crippen LogP contribution in [0.15, 0.2) is 34.9 Å². The maximum atomic E-state index is 13.7. The highest BCUT2D eigenvalue weighted by atomic mass is 16.5. The maximum Gasteiger partial charge on any atom is 0.196 e. The molecular formula is C24H26N4O2. The fourth-order valence-corrected chi connectivity index (χ4v) is 5.20. The highest BCUT2D eigenvalue weighted by molar-refractivity contribution is 6.28. The van der Waals surface area contributed by atoms with Crippen LogP contribution in [0.25, 0.3) is 22.2 Å². The van der Waals surface area contributed by atoms with E-state index in [9.17, 15) is 4.79 Å². The van der Waals surface area contributed by atoms with E-state index in [0.29, 0.717) is 5.56 Å². The van der Waals surface area contributed by atoms with E-state index in [-0.39, 0.29) is 5.78 Å². The topological polar surface area (TPSA) is 52.8 Å². The lowest BCUT2D eigenvalue weighted by molar-refractivity contribution is 0.104. The van der Waals surface area contributed by atoms with Crippen molar-refractivity contribution in [2.75, 3.05) is 56.1 Å². The number of ketones is 1. The second-order valence-corrected chi connectivity index (χ2v) is 8.74. The van der Waals surface area contributed by atoms with Gasteiger partial charge in [0, 0.05) is 50.4 Å². The number of carbonyl (C=O) groups is 1. The van der Waals surface area contributed by atoms with E-state index in [0.717, 1.165) is 78.4 Å². The van der Waals surface area contributed by atoms with Crippen LogP contribution >= 0.6 is 0 Å². The second-order valence-electron chi connectivity index (χ2n) is 8.74. The van der Waals surface area contributed by atoms with Gasteiger partial charge in [-0.2, -0.15) is 0 Å². The van der Waals surface area contributed by atoms with Crippen LogP contribution in [0.4, 0.5) is 11.4 Å². The Balaban J connectivity index is 1.61. The molecule has 3 aromatic rings. The van der Waals surface area contributed by atoms with Crippen LogP contribution in [0, 0.1) is 0 Å². The number of rotatable bonds is 2. The van der Waals surface area contributed by atoms with E-state index in [1.165, 1.54) is 19.3 Å². The highest BCUT2D eigenvalue weighted by Crippen LogP contribution is 2.47. The number of aromatic nitrogens is 1. The monoisotopic (exact) mass is 402 g/mol. The third-order valence-corrected chi connectivity index (χ3v) is 6.90. The molecule has 3 aliphatic rings. The molecule has 0 saturated carbocycles. The predicted octanol–water partition coefficient (Wildman–Crippen LogP) is 3.78. The van der Waals surface area contributed by atoms with E-state index in [2.05, 4.69) is 33.0 Å². The maximum absolute atomic E-state index is 13.7. The number of fused-ring (bicyclic) bond motifs is 2. The molecule has 154 valence electrons. The lowest BCUT2D eigenvalue weighted by atomic mass is 9.85. The number of nitrogens with zero attached hydrogens (tertiary/aromatic N) is 4. The molecule has 3 heterocycles. The summed E-state index contributed by atoms with van der Waals surface area (Å²) in [6.07, 6.45) is 3.60. The zero-order chi connectivity index (χ0) is 20.2. The molecule has 0 unspecified atom stereocenters. The fourth-order valence-electron chi connectivity index (χ4n) is 5.20. The Morgan fingerprint density at radius 2 is 1.57 bits per heavy atom. The largest absolute Gasteiger partial charge is 0.371 e.